The van der Waals surface area contributed by atoms with E-state index in [9.17, 15) is 4.79 Å². The molecule has 0 spiro atoms. The Morgan fingerprint density at radius 3 is 1.86 bits per heavy atom. The Balaban J connectivity index is 0.00000106. The summed E-state index contributed by atoms with van der Waals surface area (Å²) < 4.78 is 5.21. The normalized spacial score (nSPS) is 9.29. The number of carbonyl (C=O) groups is 1. The highest BCUT2D eigenvalue weighted by atomic mass is 16.5. The molecule has 0 aromatic heterocycles. The van der Waals surface area contributed by atoms with Gasteiger partial charge in [-0.25, -0.2) is 10.1 Å². The smallest absolute Gasteiger partial charge is 0.330 e. The highest BCUT2D eigenvalue weighted by Gasteiger charge is 2.15. The van der Waals surface area contributed by atoms with Crippen LogP contribution in [0.3, 0.4) is 0 Å². The number of nitrogens with zero attached hydrogens (tertiary/aromatic N) is 1. The van der Waals surface area contributed by atoms with Crippen LogP contribution in [0, 0.1) is 11.8 Å². The largest absolute Gasteiger partial charge is 0.462 e. The predicted molar refractivity (Wildman–Crippen MR) is 82.6 cm³/mol. The molecule has 2 rings (SSSR count). The molecule has 3 heteroatoms. The van der Waals surface area contributed by atoms with Crippen LogP contribution in [0.1, 0.15) is 17.0 Å². The Hall–Kier alpha value is -2.86. The van der Waals surface area contributed by atoms with E-state index in [0.29, 0.717) is 6.61 Å². The minimum atomic E-state index is -0.392. The summed E-state index contributed by atoms with van der Waals surface area (Å²) in [6, 6.07) is 20.1. The number of esters is 1. The molecule has 0 saturated heterocycles. The number of nitriles is 1. The lowest BCUT2D eigenvalue weighted by molar-refractivity contribution is -0.138. The zero-order chi connectivity index (χ0) is 15.5. The van der Waals surface area contributed by atoms with Crippen LogP contribution in [0.5, 0.6) is 0 Å². The molecule has 2 aromatic carbocycles. The van der Waals surface area contributed by atoms with Gasteiger partial charge in [0, 0.05) is 18.6 Å². The van der Waals surface area contributed by atoms with Crippen molar-refractivity contribution in [1.82, 2.24) is 0 Å². The Labute approximate surface area is 125 Å². The third kappa shape index (κ3) is 4.96. The fraction of sp³-hybridized carbons (Fsp3) is 0.111. The lowest BCUT2D eigenvalue weighted by atomic mass is 9.92. The third-order valence-corrected chi connectivity index (χ3v) is 2.96. The number of rotatable bonds is 5. The fourth-order valence-corrected chi connectivity index (χ4v) is 1.98. The summed E-state index contributed by atoms with van der Waals surface area (Å²) in [7, 11) is 0. The van der Waals surface area contributed by atoms with Gasteiger partial charge >= 0.3 is 5.97 Å². The first-order valence-corrected chi connectivity index (χ1v) is 6.46. The van der Waals surface area contributed by atoms with Crippen molar-refractivity contribution in [1.29, 1.82) is 5.26 Å². The molecule has 0 bridgehead atoms. The number of benzene rings is 2. The van der Waals surface area contributed by atoms with E-state index in [1.54, 1.807) is 0 Å². The second kappa shape index (κ2) is 9.11. The van der Waals surface area contributed by atoms with E-state index in [2.05, 4.69) is 13.2 Å². The minimum absolute atomic E-state index is 0.0475. The first kappa shape index (κ1) is 16.2. The molecule has 0 aliphatic heterocycles. The number of carbonyl (C=O) groups excluding carboxylic acids is 1. The predicted octanol–water partition coefficient (Wildman–Crippen LogP) is 3.69. The van der Waals surface area contributed by atoms with E-state index in [4.69, 9.17) is 10.00 Å². The summed E-state index contributed by atoms with van der Waals surface area (Å²) >= 11 is 0. The van der Waals surface area contributed by atoms with E-state index >= 15 is 0 Å². The Morgan fingerprint density at radius 1 is 1.05 bits per heavy atom. The van der Waals surface area contributed by atoms with Crippen molar-refractivity contribution in [3.05, 3.63) is 84.4 Å². The fourth-order valence-electron chi connectivity index (χ4n) is 1.98. The quantitative estimate of drug-likeness (QED) is 0.619. The van der Waals surface area contributed by atoms with Gasteiger partial charge in [0.1, 0.15) is 6.61 Å². The van der Waals surface area contributed by atoms with Gasteiger partial charge in [-0.2, -0.15) is 0 Å². The van der Waals surface area contributed by atoms with Crippen LogP contribution in [0.15, 0.2) is 73.3 Å². The highest BCUT2D eigenvalue weighted by Crippen LogP contribution is 2.24. The summed E-state index contributed by atoms with van der Waals surface area (Å²) in [4.78, 5) is 11.2. The second-order valence-electron chi connectivity index (χ2n) is 4.21. The highest BCUT2D eigenvalue weighted by molar-refractivity contribution is 5.81. The summed E-state index contributed by atoms with van der Waals surface area (Å²) in [5.41, 5.74) is 2.26. The van der Waals surface area contributed by atoms with E-state index in [1.807, 2.05) is 60.7 Å². The van der Waals surface area contributed by atoms with Gasteiger partial charge in [0.2, 0.25) is 0 Å². The molecule has 106 valence electrons. The maximum Gasteiger partial charge on any atom is 0.330 e. The molecule has 3 nitrogen and oxygen atoms in total. The molecule has 0 aliphatic carbocycles. The Bertz CT molecular complexity index is 536. The van der Waals surface area contributed by atoms with Crippen molar-refractivity contribution in [2.75, 3.05) is 6.61 Å². The van der Waals surface area contributed by atoms with Gasteiger partial charge in [0.05, 0.1) is 0 Å². The van der Waals surface area contributed by atoms with Gasteiger partial charge in [-0.15, -0.1) is 0 Å². The molecule has 0 atom stereocenters. The van der Waals surface area contributed by atoms with Gasteiger partial charge in [0.25, 0.3) is 0 Å². The maximum atomic E-state index is 11.2. The Morgan fingerprint density at radius 2 is 1.48 bits per heavy atom. The van der Waals surface area contributed by atoms with Crippen LogP contribution < -0.4 is 0 Å². The van der Waals surface area contributed by atoms with Crippen LogP contribution in [0.4, 0.5) is 0 Å². The average Bonchev–Trinajstić information content (AvgIpc) is 2.58. The minimum Gasteiger partial charge on any atom is -0.462 e. The van der Waals surface area contributed by atoms with Crippen molar-refractivity contribution < 1.29 is 9.53 Å². The van der Waals surface area contributed by atoms with Gasteiger partial charge < -0.3 is 4.74 Å². The molecular weight excluding hydrogens is 262 g/mol. The van der Waals surface area contributed by atoms with Gasteiger partial charge in [-0.3, -0.25) is 0 Å². The molecule has 0 saturated carbocycles. The van der Waals surface area contributed by atoms with Crippen molar-refractivity contribution in [3.8, 4) is 6.57 Å². The summed E-state index contributed by atoms with van der Waals surface area (Å²) in [5, 5.41) is 6.50. The molecule has 0 heterocycles. The van der Waals surface area contributed by atoms with Crippen LogP contribution in [-0.4, -0.2) is 12.6 Å². The van der Waals surface area contributed by atoms with E-state index in [-0.39, 0.29) is 5.92 Å². The zero-order valence-electron chi connectivity index (χ0n) is 11.7. The van der Waals surface area contributed by atoms with Crippen LogP contribution in [0.25, 0.3) is 0 Å². The maximum absolute atomic E-state index is 11.2. The molecule has 0 amide bonds. The van der Waals surface area contributed by atoms with E-state index < -0.39 is 5.97 Å². The van der Waals surface area contributed by atoms with E-state index in [1.165, 1.54) is 6.08 Å². The molecule has 2 aromatic rings. The number of hydrogen-bond acceptors (Lipinski definition) is 3. The molecular formula is C18H17NO2. The third-order valence-electron chi connectivity index (χ3n) is 2.96. The van der Waals surface area contributed by atoms with Crippen molar-refractivity contribution in [2.45, 2.75) is 5.92 Å². The molecule has 0 unspecified atom stereocenters. The van der Waals surface area contributed by atoms with Crippen LogP contribution in [-0.2, 0) is 9.53 Å². The first-order chi connectivity index (χ1) is 10.3. The van der Waals surface area contributed by atoms with Crippen molar-refractivity contribution in [2.24, 2.45) is 0 Å². The molecule has 0 radical (unpaired) electrons. The van der Waals surface area contributed by atoms with Gasteiger partial charge in [0.15, 0.2) is 0 Å². The van der Waals surface area contributed by atoms with Crippen molar-refractivity contribution in [3.63, 3.8) is 0 Å². The van der Waals surface area contributed by atoms with Crippen molar-refractivity contribution >= 4 is 5.97 Å². The SMILES string of the molecule is C#N.C=CC(=O)OCC(c1ccccc1)c1ccccc1. The van der Waals surface area contributed by atoms with Crippen LogP contribution >= 0.6 is 0 Å². The first-order valence-electron chi connectivity index (χ1n) is 6.46. The van der Waals surface area contributed by atoms with Crippen LogP contribution in [0.2, 0.25) is 0 Å². The van der Waals surface area contributed by atoms with Gasteiger partial charge in [-0.1, -0.05) is 67.2 Å². The van der Waals surface area contributed by atoms with E-state index in [0.717, 1.165) is 11.1 Å². The standard InChI is InChI=1S/C17H16O2.CHN/c1-2-17(18)19-13-16(14-9-5-3-6-10-14)15-11-7-4-8-12-15;1-2/h2-12,16H,1,13H2;1H. The topological polar surface area (TPSA) is 50.1 Å². The summed E-state index contributed by atoms with van der Waals surface area (Å²) in [6.45, 7) is 7.23. The summed E-state index contributed by atoms with van der Waals surface area (Å²) in [6.07, 6.45) is 1.19. The average molecular weight is 279 g/mol. The lowest BCUT2D eigenvalue weighted by Gasteiger charge is -2.17. The lowest BCUT2D eigenvalue weighted by Crippen LogP contribution is -2.12. The number of hydrogen-bond donors (Lipinski definition) is 0. The molecule has 21 heavy (non-hydrogen) atoms. The monoisotopic (exact) mass is 279 g/mol. The summed E-state index contributed by atoms with van der Waals surface area (Å²) in [5.74, 6) is -0.344. The Kier molecular flexibility index (Phi) is 7.02. The second-order valence-corrected chi connectivity index (χ2v) is 4.21. The van der Waals surface area contributed by atoms with Gasteiger partial charge in [-0.05, 0) is 11.1 Å². The molecule has 0 N–H and O–H groups in total. The molecule has 0 aliphatic rings. The molecule has 0 fully saturated rings. The number of ether oxygens (including phenoxy) is 1. The zero-order valence-corrected chi connectivity index (χ0v) is 11.7.